The van der Waals surface area contributed by atoms with Gasteiger partial charge in [-0.2, -0.15) is 0 Å². The van der Waals surface area contributed by atoms with Gasteiger partial charge in [0.05, 0.1) is 32.3 Å². The molecule has 1 aromatic rings. The average Bonchev–Trinajstić information content (AvgIpc) is 3.86. The van der Waals surface area contributed by atoms with Gasteiger partial charge in [-0.1, -0.05) is 81.9 Å². The Bertz CT molecular complexity index is 1520. The molecule has 2 aliphatic carbocycles. The Morgan fingerprint density at radius 2 is 1.86 bits per heavy atom. The topological polar surface area (TPSA) is 109 Å². The monoisotopic (exact) mass is 701 g/mol. The molecule has 0 spiro atoms. The third-order valence-electron chi connectivity index (χ3n) is 13.1. The molecule has 4 heterocycles. The Labute approximate surface area is 304 Å². The Balaban J connectivity index is 1.21. The van der Waals surface area contributed by atoms with E-state index < -0.39 is 24.6 Å². The lowest BCUT2D eigenvalue weighted by Gasteiger charge is -2.50. The van der Waals surface area contributed by atoms with Gasteiger partial charge in [0.15, 0.2) is 11.5 Å². The zero-order valence-corrected chi connectivity index (χ0v) is 30.7. The zero-order valence-electron chi connectivity index (χ0n) is 30.7. The van der Waals surface area contributed by atoms with Crippen molar-refractivity contribution in [3.63, 3.8) is 0 Å². The first-order valence-electron chi connectivity index (χ1n) is 20.0. The summed E-state index contributed by atoms with van der Waals surface area (Å²) in [6.07, 6.45) is 22.1. The van der Waals surface area contributed by atoms with Crippen LogP contribution in [0.15, 0.2) is 71.1 Å². The lowest BCUT2D eigenvalue weighted by atomic mass is 9.70. The predicted octanol–water partition coefficient (Wildman–Crippen LogP) is 6.75. The fourth-order valence-electron chi connectivity index (χ4n) is 10.6. The molecule has 8 atom stereocenters. The van der Waals surface area contributed by atoms with Crippen LogP contribution < -0.4 is 0 Å². The second-order valence-corrected chi connectivity index (χ2v) is 16.1. The van der Waals surface area contributed by atoms with E-state index in [1.54, 1.807) is 0 Å². The van der Waals surface area contributed by atoms with Crippen LogP contribution in [0.25, 0.3) is 0 Å². The number of benzene rings is 1. The van der Waals surface area contributed by atoms with E-state index in [2.05, 4.69) is 54.3 Å². The number of ether oxygens (including phenoxy) is 3. The van der Waals surface area contributed by atoms with Gasteiger partial charge >= 0.3 is 5.97 Å². The summed E-state index contributed by atoms with van der Waals surface area (Å²) >= 11 is 0. The van der Waals surface area contributed by atoms with Gasteiger partial charge in [0.25, 0.3) is 0 Å². The molecule has 8 heteroatoms. The summed E-state index contributed by atoms with van der Waals surface area (Å²) in [4.78, 5) is 15.2. The number of esters is 1. The van der Waals surface area contributed by atoms with Crippen molar-refractivity contribution in [2.75, 3.05) is 26.9 Å². The molecule has 6 aliphatic rings. The number of rotatable bonds is 12. The maximum atomic E-state index is 12.7. The van der Waals surface area contributed by atoms with Crippen molar-refractivity contribution >= 4 is 5.97 Å². The molecular weight excluding hydrogens is 642 g/mol. The first kappa shape index (κ1) is 36.4. The van der Waals surface area contributed by atoms with E-state index in [4.69, 9.17) is 14.2 Å². The minimum atomic E-state index is -0.658. The summed E-state index contributed by atoms with van der Waals surface area (Å²) in [5.74, 6) is 2.09. The number of fused-ring (bicyclic) bond motifs is 3. The zero-order chi connectivity index (χ0) is 35.5. The van der Waals surface area contributed by atoms with Gasteiger partial charge in [0.2, 0.25) is 5.76 Å². The smallest absolute Gasteiger partial charge is 0.345 e. The number of nitrogens with zero attached hydrogens (tertiary/aromatic N) is 1. The SMILES string of the molecule is CCCCCc1cccc(C[C@H]2C[C@@H]([C@@H](O)[C@@H]3C=CC[C@@H](C4CCCC4)C3)N3CCC=C4O/C(=C5\OC(=O)C(CO)=C5OC)[C@@H](CO)[C@@H]4[C@@H]3C2)c1. The Morgan fingerprint density at radius 3 is 2.63 bits per heavy atom. The first-order chi connectivity index (χ1) is 24.9. The number of cyclic esters (lactones) is 1. The van der Waals surface area contributed by atoms with Gasteiger partial charge < -0.3 is 29.5 Å². The van der Waals surface area contributed by atoms with Crippen molar-refractivity contribution in [3.05, 3.63) is 82.2 Å². The van der Waals surface area contributed by atoms with E-state index in [0.717, 1.165) is 63.2 Å². The maximum Gasteiger partial charge on any atom is 0.345 e. The van der Waals surface area contributed by atoms with Gasteiger partial charge in [-0.25, -0.2) is 4.79 Å². The number of aliphatic hydroxyl groups excluding tert-OH is 3. The Hall–Kier alpha value is -2.91. The summed E-state index contributed by atoms with van der Waals surface area (Å²) in [6, 6.07) is 9.11. The van der Waals surface area contributed by atoms with Crippen LogP contribution in [0.3, 0.4) is 0 Å². The largest absolute Gasteiger partial charge is 0.492 e. The van der Waals surface area contributed by atoms with E-state index >= 15 is 0 Å². The third kappa shape index (κ3) is 7.49. The number of piperidine rings is 1. The maximum absolute atomic E-state index is 12.7. The lowest BCUT2D eigenvalue weighted by molar-refractivity contribution is -0.134. The van der Waals surface area contributed by atoms with E-state index in [-0.39, 0.29) is 47.6 Å². The van der Waals surface area contributed by atoms with Gasteiger partial charge in [-0.3, -0.25) is 4.90 Å². The number of hydrogen-bond acceptors (Lipinski definition) is 8. The van der Waals surface area contributed by atoms with Crippen molar-refractivity contribution < 1.29 is 34.3 Å². The summed E-state index contributed by atoms with van der Waals surface area (Å²) in [5, 5.41) is 33.4. The summed E-state index contributed by atoms with van der Waals surface area (Å²) in [5.41, 5.74) is 2.81. The number of aryl methyl sites for hydroxylation is 1. The fraction of sp³-hybridized carbons (Fsp3) is 0.651. The Kier molecular flexibility index (Phi) is 11.7. The quantitative estimate of drug-likeness (QED) is 0.125. The standard InChI is InChI=1S/C43H59NO7/c1-3-4-5-11-27-12-8-13-28(20-27)21-29-22-35-38-33(25-45)41(42-40(49-2)34(26-46)43(48)51-42)50-37(38)18-10-19-44(35)36(23-29)39(47)32-17-9-16-31(24-32)30-14-6-7-15-30/h8-9,12-13,17-18,20,29-33,35-36,38-39,45-47H,3-7,10-11,14-16,19,21-26H2,1-2H3/b42-41-/t29-,31-,32-,33+,35+,36+,38-,39+/m1/s1. The molecule has 0 aromatic heterocycles. The molecule has 1 saturated carbocycles. The number of unbranched alkanes of at least 4 members (excludes halogenated alkanes) is 2. The van der Waals surface area contributed by atoms with E-state index in [1.165, 1.54) is 63.2 Å². The number of aliphatic hydroxyl groups is 3. The highest BCUT2D eigenvalue weighted by molar-refractivity contribution is 5.94. The van der Waals surface area contributed by atoms with Crippen LogP contribution in [0.4, 0.5) is 0 Å². The Morgan fingerprint density at radius 1 is 1.04 bits per heavy atom. The van der Waals surface area contributed by atoms with Crippen LogP contribution >= 0.6 is 0 Å². The van der Waals surface area contributed by atoms with Crippen LogP contribution in [0.2, 0.25) is 0 Å². The molecule has 4 aliphatic heterocycles. The number of carbonyl (C=O) groups is 1. The summed E-state index contributed by atoms with van der Waals surface area (Å²) in [6.45, 7) is 2.36. The van der Waals surface area contributed by atoms with Crippen molar-refractivity contribution in [2.45, 2.75) is 115 Å². The van der Waals surface area contributed by atoms with Crippen molar-refractivity contribution in [2.24, 2.45) is 35.5 Å². The number of allylic oxidation sites excluding steroid dienone is 1. The fourth-order valence-corrected chi connectivity index (χ4v) is 10.6. The molecule has 7 rings (SSSR count). The van der Waals surface area contributed by atoms with Crippen LogP contribution in [0, 0.1) is 35.5 Å². The van der Waals surface area contributed by atoms with E-state index in [0.29, 0.717) is 17.6 Å². The van der Waals surface area contributed by atoms with Crippen molar-refractivity contribution in [1.29, 1.82) is 0 Å². The summed E-state index contributed by atoms with van der Waals surface area (Å²) < 4.78 is 17.8. The van der Waals surface area contributed by atoms with Crippen molar-refractivity contribution in [1.82, 2.24) is 4.90 Å². The molecule has 2 saturated heterocycles. The number of methoxy groups -OCH3 is 1. The van der Waals surface area contributed by atoms with Crippen LogP contribution in [0.1, 0.15) is 95.1 Å². The van der Waals surface area contributed by atoms with E-state index in [1.807, 2.05) is 0 Å². The third-order valence-corrected chi connectivity index (χ3v) is 13.1. The summed E-state index contributed by atoms with van der Waals surface area (Å²) in [7, 11) is 1.45. The second kappa shape index (κ2) is 16.4. The first-order valence-corrected chi connectivity index (χ1v) is 20.0. The van der Waals surface area contributed by atoms with Crippen LogP contribution in [0.5, 0.6) is 0 Å². The molecule has 0 bridgehead atoms. The second-order valence-electron chi connectivity index (χ2n) is 16.1. The normalized spacial score (nSPS) is 33.4. The van der Waals surface area contributed by atoms with Gasteiger partial charge in [-0.15, -0.1) is 0 Å². The molecule has 0 radical (unpaired) electrons. The van der Waals surface area contributed by atoms with Gasteiger partial charge in [-0.05, 0) is 86.3 Å². The van der Waals surface area contributed by atoms with Gasteiger partial charge in [0, 0.05) is 30.5 Å². The van der Waals surface area contributed by atoms with E-state index in [9.17, 15) is 20.1 Å². The molecule has 278 valence electrons. The van der Waals surface area contributed by atoms with Crippen LogP contribution in [-0.2, 0) is 31.8 Å². The molecule has 8 nitrogen and oxygen atoms in total. The number of hydrogen-bond donors (Lipinski definition) is 3. The van der Waals surface area contributed by atoms with Gasteiger partial charge in [0.1, 0.15) is 11.3 Å². The molecular formula is C43H59NO7. The highest BCUT2D eigenvalue weighted by Gasteiger charge is 2.53. The van der Waals surface area contributed by atoms with Crippen LogP contribution in [-0.4, -0.2) is 71.2 Å². The lowest BCUT2D eigenvalue weighted by Crippen LogP contribution is -2.58. The minimum absolute atomic E-state index is 0.0164. The molecule has 1 aromatic carbocycles. The van der Waals surface area contributed by atoms with Crippen molar-refractivity contribution in [3.8, 4) is 0 Å². The molecule has 51 heavy (non-hydrogen) atoms. The molecule has 3 fully saturated rings. The molecule has 0 amide bonds. The minimum Gasteiger partial charge on any atom is -0.492 e. The number of carbonyl (C=O) groups excluding carboxylic acids is 1. The predicted molar refractivity (Wildman–Crippen MR) is 196 cm³/mol. The average molecular weight is 702 g/mol. The highest BCUT2D eigenvalue weighted by atomic mass is 16.6. The molecule has 3 N–H and O–H groups in total. The highest BCUT2D eigenvalue weighted by Crippen LogP contribution is 2.51. The molecule has 0 unspecified atom stereocenters.